The summed E-state index contributed by atoms with van der Waals surface area (Å²) >= 11 is 0. The molecule has 0 bridgehead atoms. The predicted octanol–water partition coefficient (Wildman–Crippen LogP) is 1.66. The minimum absolute atomic E-state index is 0.314. The van der Waals surface area contributed by atoms with E-state index in [-0.39, 0.29) is 6.54 Å². The zero-order valence-corrected chi connectivity index (χ0v) is 14.9. The van der Waals surface area contributed by atoms with E-state index in [1.807, 2.05) is 6.07 Å². The van der Waals surface area contributed by atoms with E-state index in [0.29, 0.717) is 11.3 Å². The highest BCUT2D eigenvalue weighted by Crippen LogP contribution is 2.10. The van der Waals surface area contributed by atoms with Gasteiger partial charge >= 0.3 is 0 Å². The van der Waals surface area contributed by atoms with Crippen LogP contribution in [0.1, 0.15) is 15.9 Å². The zero-order chi connectivity index (χ0) is 19.2. The Kier molecular flexibility index (Phi) is 6.26. The average molecular weight is 373 g/mol. The van der Waals surface area contributed by atoms with Crippen LogP contribution in [0.25, 0.3) is 6.08 Å². The van der Waals surface area contributed by atoms with Gasteiger partial charge in [0, 0.05) is 23.7 Å². The largest absolute Gasteiger partial charge is 0.366 e. The first-order valence-electron chi connectivity index (χ1n) is 7.67. The topological polar surface area (TPSA) is 110 Å². The molecule has 0 fully saturated rings. The summed E-state index contributed by atoms with van der Waals surface area (Å²) in [5.41, 5.74) is 6.63. The van der Waals surface area contributed by atoms with Crippen molar-refractivity contribution in [3.63, 3.8) is 0 Å². The van der Waals surface area contributed by atoms with Crippen LogP contribution >= 0.6 is 0 Å². The first kappa shape index (κ1) is 19.4. The van der Waals surface area contributed by atoms with Gasteiger partial charge in [-0.3, -0.25) is 9.59 Å². The molecule has 0 radical (unpaired) electrons. The van der Waals surface area contributed by atoms with Crippen LogP contribution in [0.15, 0.2) is 60.0 Å². The van der Waals surface area contributed by atoms with Gasteiger partial charge in [-0.2, -0.15) is 4.31 Å². The van der Waals surface area contributed by atoms with E-state index in [1.165, 1.54) is 37.4 Å². The van der Waals surface area contributed by atoms with Crippen molar-refractivity contribution < 1.29 is 18.0 Å². The summed E-state index contributed by atoms with van der Waals surface area (Å²) in [6.45, 7) is -0.348. The molecule has 136 valence electrons. The summed E-state index contributed by atoms with van der Waals surface area (Å²) in [5, 5.41) is 3.62. The van der Waals surface area contributed by atoms with Crippen LogP contribution in [0.2, 0.25) is 0 Å². The van der Waals surface area contributed by atoms with Crippen molar-refractivity contribution in [3.8, 4) is 0 Å². The highest BCUT2D eigenvalue weighted by molar-refractivity contribution is 7.92. The number of hydrogen-bond acceptors (Lipinski definition) is 4. The van der Waals surface area contributed by atoms with E-state index in [9.17, 15) is 18.0 Å². The fourth-order valence-electron chi connectivity index (χ4n) is 2.04. The van der Waals surface area contributed by atoms with Crippen LogP contribution in [-0.2, 0) is 14.8 Å². The monoisotopic (exact) mass is 373 g/mol. The van der Waals surface area contributed by atoms with E-state index in [4.69, 9.17) is 5.73 Å². The van der Waals surface area contributed by atoms with Crippen LogP contribution < -0.4 is 11.1 Å². The number of anilines is 1. The number of carbonyl (C=O) groups is 2. The smallest absolute Gasteiger partial charge is 0.248 e. The predicted molar refractivity (Wildman–Crippen MR) is 101 cm³/mol. The molecule has 8 heteroatoms. The fraction of sp³-hybridized carbons (Fsp3) is 0.111. The van der Waals surface area contributed by atoms with Gasteiger partial charge in [0.25, 0.3) is 0 Å². The Morgan fingerprint density at radius 1 is 1.08 bits per heavy atom. The Labute approximate surface area is 152 Å². The number of benzene rings is 2. The normalized spacial score (nSPS) is 11.6. The number of primary amides is 1. The number of hydrogen-bond donors (Lipinski definition) is 2. The average Bonchev–Trinajstić information content (AvgIpc) is 2.61. The highest BCUT2D eigenvalue weighted by Gasteiger charge is 2.17. The van der Waals surface area contributed by atoms with E-state index >= 15 is 0 Å². The third-order valence-corrected chi connectivity index (χ3v) is 4.96. The maximum absolute atomic E-state index is 12.2. The first-order valence-corrected chi connectivity index (χ1v) is 9.17. The third-order valence-electron chi connectivity index (χ3n) is 3.49. The van der Waals surface area contributed by atoms with Gasteiger partial charge in [-0.15, -0.1) is 0 Å². The molecule has 0 unspecified atom stereocenters. The quantitative estimate of drug-likeness (QED) is 0.769. The summed E-state index contributed by atoms with van der Waals surface area (Å²) in [4.78, 5) is 23.0. The second kappa shape index (κ2) is 8.41. The van der Waals surface area contributed by atoms with Gasteiger partial charge in [0.2, 0.25) is 21.8 Å². The van der Waals surface area contributed by atoms with E-state index in [1.54, 1.807) is 24.3 Å². The Hall–Kier alpha value is -2.97. The number of amides is 2. The number of sulfonamides is 1. The van der Waals surface area contributed by atoms with Crippen LogP contribution in [0.4, 0.5) is 5.69 Å². The number of nitrogens with zero attached hydrogens (tertiary/aromatic N) is 1. The molecule has 0 saturated heterocycles. The van der Waals surface area contributed by atoms with Gasteiger partial charge in [0.15, 0.2) is 0 Å². The number of carbonyl (C=O) groups excluding carboxylic acids is 2. The van der Waals surface area contributed by atoms with Crippen molar-refractivity contribution in [2.24, 2.45) is 5.73 Å². The molecule has 26 heavy (non-hydrogen) atoms. The van der Waals surface area contributed by atoms with Crippen molar-refractivity contribution in [1.82, 2.24) is 4.31 Å². The van der Waals surface area contributed by atoms with Crippen molar-refractivity contribution in [1.29, 1.82) is 0 Å². The Bertz CT molecular complexity index is 907. The van der Waals surface area contributed by atoms with Gasteiger partial charge in [0.05, 0.1) is 6.54 Å². The Morgan fingerprint density at radius 2 is 1.69 bits per heavy atom. The van der Waals surface area contributed by atoms with Crippen LogP contribution in [-0.4, -0.2) is 38.1 Å². The first-order chi connectivity index (χ1) is 12.3. The molecular weight excluding hydrogens is 354 g/mol. The minimum Gasteiger partial charge on any atom is -0.366 e. The standard InChI is InChI=1S/C18H19N3O4S/c1-21(26(24,25)12-11-14-5-3-2-4-6-14)13-17(22)20-16-9-7-15(8-10-16)18(19)23/h2-12H,13H2,1H3,(H2,19,23)(H,20,22)/b12-11+. The summed E-state index contributed by atoms with van der Waals surface area (Å²) in [6.07, 6.45) is 1.46. The lowest BCUT2D eigenvalue weighted by atomic mass is 10.2. The molecule has 0 heterocycles. The molecule has 0 aromatic heterocycles. The number of nitrogens with one attached hydrogen (secondary N) is 1. The van der Waals surface area contributed by atoms with Gasteiger partial charge in [-0.05, 0) is 35.9 Å². The molecule has 2 amide bonds. The molecule has 3 N–H and O–H groups in total. The second-order valence-electron chi connectivity index (χ2n) is 5.50. The summed E-state index contributed by atoms with van der Waals surface area (Å²) in [6, 6.07) is 15.0. The molecule has 0 aliphatic heterocycles. The summed E-state index contributed by atoms with van der Waals surface area (Å²) < 4.78 is 25.4. The maximum Gasteiger partial charge on any atom is 0.248 e. The maximum atomic E-state index is 12.2. The van der Waals surface area contributed by atoms with Crippen LogP contribution in [0.3, 0.4) is 0 Å². The summed E-state index contributed by atoms with van der Waals surface area (Å²) in [5.74, 6) is -1.07. The van der Waals surface area contributed by atoms with Crippen molar-refractivity contribution in [2.45, 2.75) is 0 Å². The van der Waals surface area contributed by atoms with Gasteiger partial charge in [0.1, 0.15) is 0 Å². The molecule has 0 saturated carbocycles. The molecule has 7 nitrogen and oxygen atoms in total. The molecule has 0 atom stereocenters. The minimum atomic E-state index is -3.73. The Morgan fingerprint density at radius 3 is 2.27 bits per heavy atom. The molecular formula is C18H19N3O4S. The lowest BCUT2D eigenvalue weighted by molar-refractivity contribution is -0.116. The molecule has 0 aliphatic carbocycles. The molecule has 2 aromatic carbocycles. The van der Waals surface area contributed by atoms with Crippen molar-refractivity contribution >= 4 is 33.6 Å². The number of rotatable bonds is 7. The molecule has 0 aliphatic rings. The number of likely N-dealkylation sites (N-methyl/N-ethyl adjacent to an activating group) is 1. The van der Waals surface area contributed by atoms with E-state index in [2.05, 4.69) is 5.32 Å². The van der Waals surface area contributed by atoms with Crippen molar-refractivity contribution in [3.05, 3.63) is 71.1 Å². The fourth-order valence-corrected chi connectivity index (χ4v) is 2.88. The van der Waals surface area contributed by atoms with Gasteiger partial charge in [-0.25, -0.2) is 8.42 Å². The van der Waals surface area contributed by atoms with Gasteiger partial charge < -0.3 is 11.1 Å². The SMILES string of the molecule is CN(CC(=O)Nc1ccc(C(N)=O)cc1)S(=O)(=O)/C=C/c1ccccc1. The summed E-state index contributed by atoms with van der Waals surface area (Å²) in [7, 11) is -2.41. The lowest BCUT2D eigenvalue weighted by Gasteiger charge is -2.14. The van der Waals surface area contributed by atoms with E-state index in [0.717, 1.165) is 15.3 Å². The number of nitrogens with two attached hydrogens (primary N) is 1. The molecule has 2 aromatic rings. The van der Waals surface area contributed by atoms with Crippen LogP contribution in [0.5, 0.6) is 0 Å². The van der Waals surface area contributed by atoms with Crippen molar-refractivity contribution in [2.75, 3.05) is 18.9 Å². The lowest BCUT2D eigenvalue weighted by Crippen LogP contribution is -2.33. The Balaban J connectivity index is 1.97. The highest BCUT2D eigenvalue weighted by atomic mass is 32.2. The third kappa shape index (κ3) is 5.54. The zero-order valence-electron chi connectivity index (χ0n) is 14.1. The molecule has 0 spiro atoms. The van der Waals surface area contributed by atoms with E-state index < -0.39 is 21.8 Å². The second-order valence-corrected chi connectivity index (χ2v) is 7.43. The van der Waals surface area contributed by atoms with Gasteiger partial charge in [-0.1, -0.05) is 30.3 Å². The van der Waals surface area contributed by atoms with Crippen LogP contribution in [0, 0.1) is 0 Å². The molecule has 2 rings (SSSR count).